The van der Waals surface area contributed by atoms with E-state index in [1.54, 1.807) is 6.20 Å². The lowest BCUT2D eigenvalue weighted by molar-refractivity contribution is 0.297. The van der Waals surface area contributed by atoms with Crippen LogP contribution in [0.5, 0.6) is 5.75 Å². The van der Waals surface area contributed by atoms with E-state index >= 15 is 0 Å². The molecule has 0 aliphatic heterocycles. The molecule has 0 bridgehead atoms. The van der Waals surface area contributed by atoms with Crippen molar-refractivity contribution in [3.8, 4) is 5.75 Å². The minimum Gasteiger partial charge on any atom is -0.486 e. The number of hydrogen-bond acceptors (Lipinski definition) is 2. The summed E-state index contributed by atoms with van der Waals surface area (Å²) in [5.74, 6) is 1.99. The molecule has 1 aromatic carbocycles. The van der Waals surface area contributed by atoms with Crippen molar-refractivity contribution < 1.29 is 4.74 Å². The summed E-state index contributed by atoms with van der Waals surface area (Å²) in [6.45, 7) is 0.368. The highest BCUT2D eigenvalue weighted by atomic mass is 35.5. The van der Waals surface area contributed by atoms with Crippen molar-refractivity contribution in [2.24, 2.45) is 0 Å². The Balaban J connectivity index is 1.94. The van der Waals surface area contributed by atoms with Gasteiger partial charge in [-0.2, -0.15) is 0 Å². The third-order valence-electron chi connectivity index (χ3n) is 2.05. The minimum atomic E-state index is 0.368. The Bertz CT molecular complexity index is 453. The predicted octanol–water partition coefficient (Wildman–Crippen LogP) is 3.38. The quantitative estimate of drug-likeness (QED) is 0.852. The van der Waals surface area contributed by atoms with Gasteiger partial charge in [-0.3, -0.25) is 0 Å². The Morgan fingerprint density at radius 2 is 2.00 bits per heavy atom. The topological polar surface area (TPSA) is 37.9 Å². The second-order valence-electron chi connectivity index (χ2n) is 3.24. The summed E-state index contributed by atoms with van der Waals surface area (Å²) in [4.78, 5) is 6.91. The molecule has 84 valence electrons. The van der Waals surface area contributed by atoms with Gasteiger partial charge in [-0.1, -0.05) is 23.7 Å². The van der Waals surface area contributed by atoms with Gasteiger partial charge in [-0.25, -0.2) is 4.98 Å². The van der Waals surface area contributed by atoms with Gasteiger partial charge in [-0.05, 0) is 17.7 Å². The first-order valence-corrected chi connectivity index (χ1v) is 5.66. The third-order valence-corrected chi connectivity index (χ3v) is 2.55. The Hall–Kier alpha value is -1.19. The van der Waals surface area contributed by atoms with Crippen LogP contribution in [-0.2, 0) is 12.5 Å². The van der Waals surface area contributed by atoms with Gasteiger partial charge in [0.15, 0.2) is 0 Å². The number of aromatic nitrogens is 2. The minimum absolute atomic E-state index is 0.368. The molecule has 0 unspecified atom stereocenters. The van der Waals surface area contributed by atoms with Crippen molar-refractivity contribution in [3.63, 3.8) is 0 Å². The average molecular weight is 257 g/mol. The number of nitrogens with one attached hydrogen (secondary N) is 1. The fraction of sp³-hybridized carbons (Fsp3) is 0.182. The summed E-state index contributed by atoms with van der Waals surface area (Å²) in [6, 6.07) is 7.61. The molecule has 0 radical (unpaired) electrons. The summed E-state index contributed by atoms with van der Waals surface area (Å²) in [5, 5.41) is 0.510. The molecule has 0 atom stereocenters. The molecule has 3 nitrogen and oxygen atoms in total. The van der Waals surface area contributed by atoms with Gasteiger partial charge in [0.25, 0.3) is 0 Å². The largest absolute Gasteiger partial charge is 0.486 e. The highest BCUT2D eigenvalue weighted by Gasteiger charge is 2.00. The molecule has 0 fully saturated rings. The molecule has 16 heavy (non-hydrogen) atoms. The molecule has 0 aliphatic rings. The lowest BCUT2D eigenvalue weighted by Gasteiger charge is -2.04. The van der Waals surface area contributed by atoms with Crippen molar-refractivity contribution in [3.05, 3.63) is 47.0 Å². The fourth-order valence-corrected chi connectivity index (χ4v) is 1.57. The molecule has 1 heterocycles. The lowest BCUT2D eigenvalue weighted by Crippen LogP contribution is -1.97. The molecule has 0 aliphatic carbocycles. The highest BCUT2D eigenvalue weighted by molar-refractivity contribution is 6.29. The van der Waals surface area contributed by atoms with Crippen LogP contribution in [0.3, 0.4) is 0 Å². The van der Waals surface area contributed by atoms with E-state index in [1.165, 1.54) is 0 Å². The normalized spacial score (nSPS) is 10.4. The van der Waals surface area contributed by atoms with E-state index in [2.05, 4.69) is 9.97 Å². The summed E-state index contributed by atoms with van der Waals surface area (Å²) in [7, 11) is 0. The SMILES string of the molecule is ClCc1ccc(OCc2ncc(Cl)[nH]2)cc1. The smallest absolute Gasteiger partial charge is 0.146 e. The van der Waals surface area contributed by atoms with Gasteiger partial charge in [0.2, 0.25) is 0 Å². The summed E-state index contributed by atoms with van der Waals surface area (Å²) >= 11 is 11.4. The second kappa shape index (κ2) is 5.23. The number of ether oxygens (including phenoxy) is 1. The predicted molar refractivity (Wildman–Crippen MR) is 63.9 cm³/mol. The second-order valence-corrected chi connectivity index (χ2v) is 3.92. The number of hydrogen-bond donors (Lipinski definition) is 1. The van der Waals surface area contributed by atoms with Crippen LogP contribution in [0, 0.1) is 0 Å². The standard InChI is InChI=1S/C11H10Cl2N2O/c12-5-8-1-3-9(4-2-8)16-7-11-14-6-10(13)15-11/h1-4,6H,5,7H2,(H,14,15). The van der Waals surface area contributed by atoms with Crippen LogP contribution in [0.25, 0.3) is 0 Å². The van der Waals surface area contributed by atoms with E-state index < -0.39 is 0 Å². The number of imidazole rings is 1. The molecule has 2 rings (SSSR count). The van der Waals surface area contributed by atoms with Crippen LogP contribution in [0.2, 0.25) is 5.15 Å². The summed E-state index contributed by atoms with van der Waals surface area (Å²) in [6.07, 6.45) is 1.55. The van der Waals surface area contributed by atoms with Crippen LogP contribution in [-0.4, -0.2) is 9.97 Å². The number of H-pyrrole nitrogens is 1. The maximum absolute atomic E-state index is 5.69. The molecule has 0 amide bonds. The summed E-state index contributed by atoms with van der Waals surface area (Å²) in [5.41, 5.74) is 1.06. The Morgan fingerprint density at radius 1 is 1.25 bits per heavy atom. The maximum Gasteiger partial charge on any atom is 0.146 e. The van der Waals surface area contributed by atoms with Crippen LogP contribution in [0.4, 0.5) is 0 Å². The van der Waals surface area contributed by atoms with Crippen molar-refractivity contribution in [2.75, 3.05) is 0 Å². The Morgan fingerprint density at radius 3 is 2.56 bits per heavy atom. The van der Waals surface area contributed by atoms with E-state index in [-0.39, 0.29) is 0 Å². The van der Waals surface area contributed by atoms with Crippen LogP contribution in [0.15, 0.2) is 30.5 Å². The van der Waals surface area contributed by atoms with Gasteiger partial charge in [-0.15, -0.1) is 11.6 Å². The molecule has 0 spiro atoms. The number of halogens is 2. The van der Waals surface area contributed by atoms with E-state index in [4.69, 9.17) is 27.9 Å². The number of nitrogens with zero attached hydrogens (tertiary/aromatic N) is 1. The number of benzene rings is 1. The molecular weight excluding hydrogens is 247 g/mol. The lowest BCUT2D eigenvalue weighted by atomic mass is 10.2. The molecule has 5 heteroatoms. The summed E-state index contributed by atoms with van der Waals surface area (Å²) < 4.78 is 5.51. The van der Waals surface area contributed by atoms with Gasteiger partial charge in [0.1, 0.15) is 23.3 Å². The first kappa shape index (κ1) is 11.3. The highest BCUT2D eigenvalue weighted by Crippen LogP contribution is 2.15. The first-order chi connectivity index (χ1) is 7.78. The number of aromatic amines is 1. The van der Waals surface area contributed by atoms with Crippen LogP contribution >= 0.6 is 23.2 Å². The van der Waals surface area contributed by atoms with E-state index in [9.17, 15) is 0 Å². The zero-order valence-corrected chi connectivity index (χ0v) is 9.92. The molecular formula is C11H10Cl2N2O. The first-order valence-electron chi connectivity index (χ1n) is 4.75. The third kappa shape index (κ3) is 2.90. The van der Waals surface area contributed by atoms with E-state index in [1.807, 2.05) is 24.3 Å². The van der Waals surface area contributed by atoms with Gasteiger partial charge in [0.05, 0.1) is 6.20 Å². The van der Waals surface area contributed by atoms with Crippen molar-refractivity contribution >= 4 is 23.2 Å². The van der Waals surface area contributed by atoms with Gasteiger partial charge >= 0.3 is 0 Å². The fourth-order valence-electron chi connectivity index (χ4n) is 1.24. The molecule has 0 saturated carbocycles. The average Bonchev–Trinajstić information content (AvgIpc) is 2.73. The molecule has 0 saturated heterocycles. The molecule has 1 aromatic heterocycles. The van der Waals surface area contributed by atoms with Gasteiger partial charge in [0, 0.05) is 5.88 Å². The monoisotopic (exact) mass is 256 g/mol. The van der Waals surface area contributed by atoms with Crippen molar-refractivity contribution in [1.29, 1.82) is 0 Å². The zero-order valence-electron chi connectivity index (χ0n) is 8.41. The number of alkyl halides is 1. The van der Waals surface area contributed by atoms with Crippen LogP contribution < -0.4 is 4.74 Å². The zero-order chi connectivity index (χ0) is 11.4. The Labute approximate surface area is 103 Å². The molecule has 2 aromatic rings. The molecule has 1 N–H and O–H groups in total. The Kier molecular flexibility index (Phi) is 3.70. The van der Waals surface area contributed by atoms with Crippen molar-refractivity contribution in [2.45, 2.75) is 12.5 Å². The van der Waals surface area contributed by atoms with E-state index in [0.717, 1.165) is 11.3 Å². The number of rotatable bonds is 4. The maximum atomic E-state index is 5.69. The van der Waals surface area contributed by atoms with Crippen LogP contribution in [0.1, 0.15) is 11.4 Å². The van der Waals surface area contributed by atoms with Crippen molar-refractivity contribution in [1.82, 2.24) is 9.97 Å². The van der Waals surface area contributed by atoms with Gasteiger partial charge < -0.3 is 9.72 Å². The van der Waals surface area contributed by atoms with E-state index in [0.29, 0.717) is 23.5 Å².